The molecule has 5 nitrogen and oxygen atoms in total. The van der Waals surface area contributed by atoms with Gasteiger partial charge in [-0.3, -0.25) is 9.59 Å². The third-order valence-corrected chi connectivity index (χ3v) is 2.89. The maximum atomic E-state index is 12.0. The maximum absolute atomic E-state index is 12.0. The maximum Gasteiger partial charge on any atom is 0.241 e. The van der Waals surface area contributed by atoms with Crippen LogP contribution in [0.2, 0.25) is 0 Å². The number of amides is 2. The van der Waals surface area contributed by atoms with Crippen LogP contribution in [0, 0.1) is 5.92 Å². The fourth-order valence-electron chi connectivity index (χ4n) is 1.80. The molecular weight excluding hydrogens is 206 g/mol. The summed E-state index contributed by atoms with van der Waals surface area (Å²) >= 11 is 0. The third kappa shape index (κ3) is 3.48. The molecule has 1 atom stereocenters. The number of rotatable bonds is 3. The highest BCUT2D eigenvalue weighted by molar-refractivity contribution is 5.85. The second kappa shape index (κ2) is 5.84. The number of nitrogens with one attached hydrogen (secondary N) is 1. The van der Waals surface area contributed by atoms with E-state index in [1.54, 1.807) is 21.1 Å². The molecule has 1 heterocycles. The number of carbonyl (C=O) groups is 2. The summed E-state index contributed by atoms with van der Waals surface area (Å²) in [6.07, 6.45) is 1.96. The molecule has 1 rings (SSSR count). The van der Waals surface area contributed by atoms with Gasteiger partial charge in [-0.25, -0.2) is 0 Å². The van der Waals surface area contributed by atoms with Crippen LogP contribution < -0.4 is 5.32 Å². The van der Waals surface area contributed by atoms with Gasteiger partial charge in [-0.05, 0) is 19.4 Å². The van der Waals surface area contributed by atoms with Crippen molar-refractivity contribution in [2.75, 3.05) is 40.8 Å². The summed E-state index contributed by atoms with van der Waals surface area (Å²) in [6.45, 7) is 1.89. The quantitative estimate of drug-likeness (QED) is 0.709. The molecule has 92 valence electrons. The number of hydrogen-bond acceptors (Lipinski definition) is 3. The van der Waals surface area contributed by atoms with Crippen molar-refractivity contribution in [1.29, 1.82) is 0 Å². The summed E-state index contributed by atoms with van der Waals surface area (Å²) in [7, 11) is 5.09. The highest BCUT2D eigenvalue weighted by atomic mass is 16.2. The molecule has 1 aliphatic heterocycles. The van der Waals surface area contributed by atoms with Crippen LogP contribution in [0.1, 0.15) is 12.8 Å². The lowest BCUT2D eigenvalue weighted by atomic mass is 9.98. The Balaban J connectivity index is 2.43. The normalized spacial score (nSPS) is 20.3. The first-order chi connectivity index (χ1) is 7.52. The number of likely N-dealkylation sites (N-methyl/N-ethyl adjacent to an activating group) is 2. The minimum Gasteiger partial charge on any atom is -0.347 e. The van der Waals surface area contributed by atoms with E-state index < -0.39 is 0 Å². The molecule has 1 saturated heterocycles. The smallest absolute Gasteiger partial charge is 0.241 e. The van der Waals surface area contributed by atoms with Gasteiger partial charge in [0.1, 0.15) is 0 Å². The summed E-state index contributed by atoms with van der Waals surface area (Å²) < 4.78 is 0. The van der Waals surface area contributed by atoms with E-state index in [0.717, 1.165) is 25.9 Å². The Morgan fingerprint density at radius 2 is 2.00 bits per heavy atom. The first kappa shape index (κ1) is 13.0. The molecule has 0 bridgehead atoms. The van der Waals surface area contributed by atoms with Gasteiger partial charge in [0.15, 0.2) is 0 Å². The second-order valence-corrected chi connectivity index (χ2v) is 4.53. The molecule has 1 N–H and O–H groups in total. The summed E-state index contributed by atoms with van der Waals surface area (Å²) in [4.78, 5) is 26.5. The molecule has 0 aromatic rings. The van der Waals surface area contributed by atoms with Gasteiger partial charge in [0.25, 0.3) is 0 Å². The summed E-state index contributed by atoms with van der Waals surface area (Å²) in [5, 5.41) is 3.20. The van der Waals surface area contributed by atoms with E-state index in [-0.39, 0.29) is 24.3 Å². The van der Waals surface area contributed by atoms with Crippen molar-refractivity contribution in [2.45, 2.75) is 12.8 Å². The summed E-state index contributed by atoms with van der Waals surface area (Å²) in [5.41, 5.74) is 0. The largest absolute Gasteiger partial charge is 0.347 e. The van der Waals surface area contributed by atoms with Crippen LogP contribution in [-0.4, -0.2) is 62.4 Å². The lowest BCUT2D eigenvalue weighted by Crippen LogP contribution is -2.44. The minimum absolute atomic E-state index is 0.0358. The molecule has 0 aromatic carbocycles. The van der Waals surface area contributed by atoms with Crippen molar-refractivity contribution in [3.63, 3.8) is 0 Å². The average molecular weight is 227 g/mol. The molecule has 0 aromatic heterocycles. The molecule has 0 radical (unpaired) electrons. The van der Waals surface area contributed by atoms with Crippen LogP contribution in [0.5, 0.6) is 0 Å². The zero-order valence-corrected chi connectivity index (χ0v) is 10.3. The van der Waals surface area contributed by atoms with E-state index in [4.69, 9.17) is 0 Å². The Labute approximate surface area is 96.8 Å². The Kier molecular flexibility index (Phi) is 4.73. The highest BCUT2D eigenvalue weighted by Gasteiger charge is 2.25. The molecule has 0 saturated carbocycles. The van der Waals surface area contributed by atoms with Crippen molar-refractivity contribution in [1.82, 2.24) is 15.1 Å². The Morgan fingerprint density at radius 1 is 1.31 bits per heavy atom. The third-order valence-electron chi connectivity index (χ3n) is 2.89. The molecule has 16 heavy (non-hydrogen) atoms. The van der Waals surface area contributed by atoms with Gasteiger partial charge in [0, 0.05) is 27.7 Å². The lowest BCUT2D eigenvalue weighted by Gasteiger charge is -2.27. The summed E-state index contributed by atoms with van der Waals surface area (Å²) in [5.74, 6) is 0.0655. The number of nitrogens with zero attached hydrogens (tertiary/aromatic N) is 2. The molecule has 0 spiro atoms. The Bertz CT molecular complexity index is 260. The van der Waals surface area contributed by atoms with Gasteiger partial charge >= 0.3 is 0 Å². The van der Waals surface area contributed by atoms with Crippen LogP contribution in [-0.2, 0) is 9.59 Å². The second-order valence-electron chi connectivity index (χ2n) is 4.53. The molecule has 1 aliphatic rings. The topological polar surface area (TPSA) is 52.7 Å². The molecule has 1 fully saturated rings. The van der Waals surface area contributed by atoms with Crippen molar-refractivity contribution < 1.29 is 9.59 Å². The lowest BCUT2D eigenvalue weighted by molar-refractivity contribution is -0.140. The first-order valence-electron chi connectivity index (χ1n) is 5.68. The number of carbonyl (C=O) groups excluding carboxylic acids is 2. The van der Waals surface area contributed by atoms with E-state index in [0.29, 0.717) is 0 Å². The van der Waals surface area contributed by atoms with Crippen LogP contribution >= 0.6 is 0 Å². The van der Waals surface area contributed by atoms with E-state index in [2.05, 4.69) is 5.32 Å². The van der Waals surface area contributed by atoms with Crippen molar-refractivity contribution in [2.24, 2.45) is 5.92 Å². The van der Waals surface area contributed by atoms with Crippen LogP contribution in [0.4, 0.5) is 0 Å². The zero-order chi connectivity index (χ0) is 12.1. The number of piperidine rings is 1. The van der Waals surface area contributed by atoms with Crippen LogP contribution in [0.25, 0.3) is 0 Å². The SMILES string of the molecule is CN(C)C(=O)CN(C)C(=O)[C@H]1CCCNC1. The molecule has 0 unspecified atom stereocenters. The Hall–Kier alpha value is -1.10. The van der Waals surface area contributed by atoms with E-state index in [1.165, 1.54) is 9.80 Å². The van der Waals surface area contributed by atoms with Gasteiger partial charge in [-0.15, -0.1) is 0 Å². The van der Waals surface area contributed by atoms with Gasteiger partial charge in [-0.2, -0.15) is 0 Å². The van der Waals surface area contributed by atoms with Gasteiger partial charge < -0.3 is 15.1 Å². The van der Waals surface area contributed by atoms with Gasteiger partial charge in [0.05, 0.1) is 12.5 Å². The predicted octanol–water partition coefficient (Wildman–Crippen LogP) is -0.467. The van der Waals surface area contributed by atoms with E-state index in [1.807, 2.05) is 0 Å². The minimum atomic E-state index is -0.0420. The van der Waals surface area contributed by atoms with Gasteiger partial charge in [-0.1, -0.05) is 0 Å². The highest BCUT2D eigenvalue weighted by Crippen LogP contribution is 2.12. The average Bonchev–Trinajstić information content (AvgIpc) is 2.28. The molecular formula is C11H21N3O2. The first-order valence-corrected chi connectivity index (χ1v) is 5.68. The molecule has 5 heteroatoms. The fraction of sp³-hybridized carbons (Fsp3) is 0.818. The van der Waals surface area contributed by atoms with Gasteiger partial charge in [0.2, 0.25) is 11.8 Å². The number of hydrogen-bond donors (Lipinski definition) is 1. The van der Waals surface area contributed by atoms with Crippen molar-refractivity contribution in [3.05, 3.63) is 0 Å². The van der Waals surface area contributed by atoms with E-state index >= 15 is 0 Å². The predicted molar refractivity (Wildman–Crippen MR) is 61.9 cm³/mol. The zero-order valence-electron chi connectivity index (χ0n) is 10.3. The van der Waals surface area contributed by atoms with E-state index in [9.17, 15) is 9.59 Å². The Morgan fingerprint density at radius 3 is 2.50 bits per heavy atom. The standard InChI is InChI=1S/C11H21N3O2/c1-13(2)10(15)8-14(3)11(16)9-5-4-6-12-7-9/h9,12H,4-8H2,1-3H3/t9-/m0/s1. The molecule has 0 aliphatic carbocycles. The fourth-order valence-corrected chi connectivity index (χ4v) is 1.80. The monoisotopic (exact) mass is 227 g/mol. The molecule has 2 amide bonds. The summed E-state index contributed by atoms with van der Waals surface area (Å²) in [6, 6.07) is 0. The van der Waals surface area contributed by atoms with Crippen LogP contribution in [0.15, 0.2) is 0 Å². The van der Waals surface area contributed by atoms with Crippen molar-refractivity contribution >= 4 is 11.8 Å². The van der Waals surface area contributed by atoms with Crippen molar-refractivity contribution in [3.8, 4) is 0 Å². The van der Waals surface area contributed by atoms with Crippen LogP contribution in [0.3, 0.4) is 0 Å².